The number of hydrogen-bond donors (Lipinski definition) is 2. The molecule has 0 bridgehead atoms. The summed E-state index contributed by atoms with van der Waals surface area (Å²) in [5.41, 5.74) is 6.75. The Morgan fingerprint density at radius 2 is 1.86 bits per heavy atom. The summed E-state index contributed by atoms with van der Waals surface area (Å²) in [5.74, 6) is -0.972. The van der Waals surface area contributed by atoms with Crippen molar-refractivity contribution < 1.29 is 19.4 Å². The zero-order valence-corrected chi connectivity index (χ0v) is 13.0. The first-order valence-corrected chi connectivity index (χ1v) is 6.98. The van der Waals surface area contributed by atoms with Crippen molar-refractivity contribution in [1.82, 2.24) is 0 Å². The number of anilines is 1. The average molecular weight is 293 g/mol. The summed E-state index contributed by atoms with van der Waals surface area (Å²) in [7, 11) is 0. The van der Waals surface area contributed by atoms with Crippen LogP contribution in [0, 0.1) is 0 Å². The van der Waals surface area contributed by atoms with Gasteiger partial charge < -0.3 is 15.6 Å². The lowest BCUT2D eigenvalue weighted by atomic mass is 9.85. The maximum Gasteiger partial charge on any atom is 0.306 e. The van der Waals surface area contributed by atoms with E-state index in [1.807, 2.05) is 20.8 Å². The van der Waals surface area contributed by atoms with Crippen LogP contribution < -0.4 is 5.73 Å². The normalized spacial score (nSPS) is 11.2. The van der Waals surface area contributed by atoms with Crippen LogP contribution in [-0.4, -0.2) is 23.5 Å². The van der Waals surface area contributed by atoms with Crippen molar-refractivity contribution in [1.29, 1.82) is 0 Å². The Bertz CT molecular complexity index is 544. The van der Waals surface area contributed by atoms with Gasteiger partial charge in [-0.05, 0) is 30.0 Å². The van der Waals surface area contributed by atoms with Gasteiger partial charge in [0.2, 0.25) is 0 Å². The SMILES string of the molecule is CCOC(=O)CCC(=O)c1cc(C(C)(C)C)cc(N)c1O. The first kappa shape index (κ1) is 17.0. The van der Waals surface area contributed by atoms with E-state index in [9.17, 15) is 14.7 Å². The number of phenols is 1. The zero-order chi connectivity index (χ0) is 16.2. The molecule has 116 valence electrons. The molecule has 0 fully saturated rings. The van der Waals surface area contributed by atoms with E-state index in [0.29, 0.717) is 0 Å². The molecule has 0 saturated carbocycles. The van der Waals surface area contributed by atoms with Crippen molar-refractivity contribution in [2.75, 3.05) is 12.3 Å². The van der Waals surface area contributed by atoms with Crippen molar-refractivity contribution >= 4 is 17.4 Å². The third-order valence-corrected chi connectivity index (χ3v) is 3.17. The minimum atomic E-state index is -0.426. The lowest BCUT2D eigenvalue weighted by molar-refractivity contribution is -0.143. The maximum atomic E-state index is 12.2. The summed E-state index contributed by atoms with van der Waals surface area (Å²) < 4.78 is 4.78. The topological polar surface area (TPSA) is 89.6 Å². The molecule has 0 unspecified atom stereocenters. The number of carbonyl (C=O) groups excluding carboxylic acids is 2. The predicted molar refractivity (Wildman–Crippen MR) is 81.4 cm³/mol. The van der Waals surface area contributed by atoms with E-state index in [0.717, 1.165) is 5.56 Å². The van der Waals surface area contributed by atoms with E-state index in [1.165, 1.54) is 0 Å². The highest BCUT2D eigenvalue weighted by atomic mass is 16.5. The molecule has 1 aromatic rings. The molecule has 0 amide bonds. The molecule has 1 rings (SSSR count). The second kappa shape index (κ2) is 6.61. The molecular weight excluding hydrogens is 270 g/mol. The van der Waals surface area contributed by atoms with Gasteiger partial charge in [-0.25, -0.2) is 0 Å². The van der Waals surface area contributed by atoms with Gasteiger partial charge in [0.25, 0.3) is 0 Å². The van der Waals surface area contributed by atoms with E-state index in [4.69, 9.17) is 10.5 Å². The van der Waals surface area contributed by atoms with Gasteiger partial charge in [-0.15, -0.1) is 0 Å². The van der Waals surface area contributed by atoms with Gasteiger partial charge in [0, 0.05) is 6.42 Å². The molecule has 1 aromatic carbocycles. The van der Waals surface area contributed by atoms with Crippen LogP contribution in [0.5, 0.6) is 5.75 Å². The zero-order valence-electron chi connectivity index (χ0n) is 13.0. The third-order valence-electron chi connectivity index (χ3n) is 3.17. The number of nitrogen functional groups attached to an aromatic ring is 1. The average Bonchev–Trinajstić information content (AvgIpc) is 2.38. The monoisotopic (exact) mass is 293 g/mol. The van der Waals surface area contributed by atoms with E-state index in [2.05, 4.69) is 0 Å². The van der Waals surface area contributed by atoms with Crippen molar-refractivity contribution in [3.05, 3.63) is 23.3 Å². The molecule has 0 aliphatic heterocycles. The highest BCUT2D eigenvalue weighted by Gasteiger charge is 2.21. The van der Waals surface area contributed by atoms with Crippen LogP contribution in [0.25, 0.3) is 0 Å². The van der Waals surface area contributed by atoms with Gasteiger partial charge in [-0.3, -0.25) is 9.59 Å². The van der Waals surface area contributed by atoms with E-state index < -0.39 is 5.97 Å². The molecule has 3 N–H and O–H groups in total. The second-order valence-electron chi connectivity index (χ2n) is 5.94. The number of ether oxygens (including phenoxy) is 1. The molecule has 0 atom stereocenters. The Kier molecular flexibility index (Phi) is 5.35. The summed E-state index contributed by atoms with van der Waals surface area (Å²) in [4.78, 5) is 23.5. The quantitative estimate of drug-likeness (QED) is 0.377. The fourth-order valence-electron chi connectivity index (χ4n) is 1.89. The van der Waals surface area contributed by atoms with Crippen LogP contribution in [0.2, 0.25) is 0 Å². The largest absolute Gasteiger partial charge is 0.505 e. The number of phenolic OH excluding ortho intramolecular Hbond substituents is 1. The van der Waals surface area contributed by atoms with Crippen LogP contribution in [-0.2, 0) is 14.9 Å². The van der Waals surface area contributed by atoms with E-state index >= 15 is 0 Å². The van der Waals surface area contributed by atoms with E-state index in [-0.39, 0.29) is 47.6 Å². The molecule has 0 aliphatic rings. The number of rotatable bonds is 5. The minimum Gasteiger partial charge on any atom is -0.505 e. The number of hydrogen-bond acceptors (Lipinski definition) is 5. The molecule has 0 aliphatic carbocycles. The fraction of sp³-hybridized carbons (Fsp3) is 0.500. The molecule has 5 nitrogen and oxygen atoms in total. The summed E-state index contributed by atoms with van der Waals surface area (Å²) in [5, 5.41) is 9.96. The van der Waals surface area contributed by atoms with Crippen molar-refractivity contribution in [3.63, 3.8) is 0 Å². The molecule has 5 heteroatoms. The van der Waals surface area contributed by atoms with Gasteiger partial charge in [-0.2, -0.15) is 0 Å². The summed E-state index contributed by atoms with van der Waals surface area (Å²) in [6.07, 6.45) is -0.0226. The van der Waals surface area contributed by atoms with Crippen LogP contribution in [0.15, 0.2) is 12.1 Å². The summed E-state index contributed by atoms with van der Waals surface area (Å²) >= 11 is 0. The van der Waals surface area contributed by atoms with Gasteiger partial charge in [0.15, 0.2) is 5.78 Å². The second-order valence-corrected chi connectivity index (χ2v) is 5.94. The molecule has 0 saturated heterocycles. The van der Waals surface area contributed by atoms with Crippen molar-refractivity contribution in [2.24, 2.45) is 0 Å². The number of ketones is 1. The number of nitrogens with two attached hydrogens (primary N) is 1. The van der Waals surface area contributed by atoms with Crippen molar-refractivity contribution in [3.8, 4) is 5.75 Å². The summed E-state index contributed by atoms with van der Waals surface area (Å²) in [6, 6.07) is 3.30. The highest BCUT2D eigenvalue weighted by Crippen LogP contribution is 2.33. The van der Waals surface area contributed by atoms with Gasteiger partial charge in [0.05, 0.1) is 24.3 Å². The molecule has 21 heavy (non-hydrogen) atoms. The standard InChI is InChI=1S/C16H23NO4/c1-5-21-14(19)7-6-13(18)11-8-10(16(2,3)4)9-12(17)15(11)20/h8-9,20H,5-7,17H2,1-4H3. The highest BCUT2D eigenvalue weighted by molar-refractivity contribution is 6.01. The molecule has 0 spiro atoms. The van der Waals surface area contributed by atoms with E-state index in [1.54, 1.807) is 19.1 Å². The Morgan fingerprint density at radius 1 is 1.24 bits per heavy atom. The van der Waals surface area contributed by atoms with Crippen molar-refractivity contribution in [2.45, 2.75) is 46.0 Å². The van der Waals surface area contributed by atoms with Crippen LogP contribution in [0.3, 0.4) is 0 Å². The first-order chi connectivity index (χ1) is 9.66. The Hall–Kier alpha value is -2.04. The van der Waals surface area contributed by atoms with Crippen LogP contribution in [0.4, 0.5) is 5.69 Å². The maximum absolute atomic E-state index is 12.2. The molecule has 0 radical (unpaired) electrons. The summed E-state index contributed by atoms with van der Waals surface area (Å²) in [6.45, 7) is 7.97. The van der Waals surface area contributed by atoms with Gasteiger partial charge in [-0.1, -0.05) is 20.8 Å². The predicted octanol–water partition coefficient (Wildman–Crippen LogP) is 2.80. The minimum absolute atomic E-state index is 0.00817. The Morgan fingerprint density at radius 3 is 2.38 bits per heavy atom. The lowest BCUT2D eigenvalue weighted by Crippen LogP contribution is -2.14. The lowest BCUT2D eigenvalue weighted by Gasteiger charge is -2.21. The van der Waals surface area contributed by atoms with Crippen LogP contribution in [0.1, 0.15) is 56.5 Å². The van der Waals surface area contributed by atoms with Crippen LogP contribution >= 0.6 is 0 Å². The molecular formula is C16H23NO4. The number of Topliss-reactive ketones (excluding diaryl/α,β-unsaturated/α-hetero) is 1. The number of aromatic hydroxyl groups is 1. The third kappa shape index (κ3) is 4.48. The number of carbonyl (C=O) groups is 2. The Balaban J connectivity index is 2.98. The number of esters is 1. The Labute approximate surface area is 125 Å². The smallest absolute Gasteiger partial charge is 0.306 e. The molecule has 0 aromatic heterocycles. The number of benzene rings is 1. The van der Waals surface area contributed by atoms with Gasteiger partial charge in [0.1, 0.15) is 5.75 Å². The molecule has 0 heterocycles. The fourth-order valence-corrected chi connectivity index (χ4v) is 1.89. The van der Waals surface area contributed by atoms with Gasteiger partial charge >= 0.3 is 5.97 Å². The first-order valence-electron chi connectivity index (χ1n) is 6.98.